The van der Waals surface area contributed by atoms with Gasteiger partial charge in [0.1, 0.15) is 0 Å². The molecule has 2 atom stereocenters. The van der Waals surface area contributed by atoms with Crippen LogP contribution in [0.3, 0.4) is 0 Å². The number of likely N-dealkylation sites (tertiary alicyclic amines) is 1. The minimum atomic E-state index is -3.02. The van der Waals surface area contributed by atoms with Crippen molar-refractivity contribution in [1.29, 1.82) is 0 Å². The highest BCUT2D eigenvalue weighted by Gasteiger charge is 2.43. The van der Waals surface area contributed by atoms with Crippen LogP contribution in [-0.4, -0.2) is 56.0 Å². The molecule has 1 amide bonds. The Morgan fingerprint density at radius 2 is 2.17 bits per heavy atom. The summed E-state index contributed by atoms with van der Waals surface area (Å²) < 4.78 is 28.6. The van der Waals surface area contributed by atoms with Gasteiger partial charge >= 0.3 is 0 Å². The maximum Gasteiger partial charge on any atom is 0.228 e. The van der Waals surface area contributed by atoms with Crippen LogP contribution < -0.4 is 0 Å². The number of hydrogen-bond acceptors (Lipinski definition) is 4. The van der Waals surface area contributed by atoms with E-state index >= 15 is 0 Å². The summed E-state index contributed by atoms with van der Waals surface area (Å²) in [5, 5.41) is -0.379. The molecule has 0 spiro atoms. The van der Waals surface area contributed by atoms with E-state index in [0.717, 1.165) is 0 Å². The Labute approximate surface area is 108 Å². The minimum absolute atomic E-state index is 0.0000435. The van der Waals surface area contributed by atoms with Crippen molar-refractivity contribution in [3.8, 4) is 0 Å². The van der Waals surface area contributed by atoms with Gasteiger partial charge in [0.25, 0.3) is 0 Å². The van der Waals surface area contributed by atoms with E-state index in [9.17, 15) is 13.2 Å². The molecule has 2 heterocycles. The van der Waals surface area contributed by atoms with Crippen molar-refractivity contribution in [2.24, 2.45) is 5.92 Å². The van der Waals surface area contributed by atoms with Crippen molar-refractivity contribution < 1.29 is 17.9 Å². The summed E-state index contributed by atoms with van der Waals surface area (Å²) in [4.78, 5) is 13.8. The molecule has 0 radical (unpaired) electrons. The molecule has 0 saturated carbocycles. The number of ether oxygens (including phenoxy) is 1. The lowest BCUT2D eigenvalue weighted by Crippen LogP contribution is -2.59. The van der Waals surface area contributed by atoms with Gasteiger partial charge in [0, 0.05) is 25.4 Å². The van der Waals surface area contributed by atoms with E-state index in [4.69, 9.17) is 4.74 Å². The first-order chi connectivity index (χ1) is 8.49. The highest BCUT2D eigenvalue weighted by molar-refractivity contribution is 7.92. The second-order valence-corrected chi connectivity index (χ2v) is 7.35. The summed E-state index contributed by atoms with van der Waals surface area (Å²) in [6.07, 6.45) is 2.12. The molecule has 0 aliphatic carbocycles. The molecule has 0 aromatic heterocycles. The number of nitrogens with zero attached hydrogens (tertiary/aromatic N) is 1. The lowest BCUT2D eigenvalue weighted by atomic mass is 9.98. The molecule has 5 nitrogen and oxygen atoms in total. The fourth-order valence-corrected chi connectivity index (χ4v) is 3.71. The second-order valence-electron chi connectivity index (χ2n) is 4.78. The van der Waals surface area contributed by atoms with Crippen LogP contribution in [0, 0.1) is 5.92 Å². The van der Waals surface area contributed by atoms with Gasteiger partial charge in [0.05, 0.1) is 17.3 Å². The van der Waals surface area contributed by atoms with E-state index in [1.807, 2.05) is 0 Å². The first-order valence-corrected chi connectivity index (χ1v) is 7.95. The monoisotopic (exact) mass is 273 g/mol. The highest BCUT2D eigenvalue weighted by Crippen LogP contribution is 2.27. The van der Waals surface area contributed by atoms with Gasteiger partial charge in [-0.2, -0.15) is 0 Å². The molecule has 0 aromatic carbocycles. The smallest absolute Gasteiger partial charge is 0.228 e. The Morgan fingerprint density at radius 1 is 1.50 bits per heavy atom. The summed E-state index contributed by atoms with van der Waals surface area (Å²) in [7, 11) is -3.02. The number of carbonyl (C=O) groups is 1. The second kappa shape index (κ2) is 5.01. The maximum absolute atomic E-state index is 12.2. The lowest BCUT2D eigenvalue weighted by molar-refractivity contribution is -0.139. The zero-order valence-electron chi connectivity index (χ0n) is 10.5. The Morgan fingerprint density at radius 3 is 2.72 bits per heavy atom. The van der Waals surface area contributed by atoms with Gasteiger partial charge in [0.2, 0.25) is 5.91 Å². The quantitative estimate of drug-likeness (QED) is 0.688. The Balaban J connectivity index is 1.92. The van der Waals surface area contributed by atoms with Crippen molar-refractivity contribution in [3.05, 3.63) is 12.7 Å². The fraction of sp³-hybridized carbons (Fsp3) is 0.750. The van der Waals surface area contributed by atoms with Crippen LogP contribution in [0.1, 0.15) is 13.3 Å². The number of sulfone groups is 1. The van der Waals surface area contributed by atoms with Crippen LogP contribution in [0.25, 0.3) is 0 Å². The summed E-state index contributed by atoms with van der Waals surface area (Å²) in [5.41, 5.74) is 0. The van der Waals surface area contributed by atoms with Gasteiger partial charge in [-0.25, -0.2) is 8.42 Å². The van der Waals surface area contributed by atoms with Crippen molar-refractivity contribution in [1.82, 2.24) is 4.90 Å². The molecular formula is C12H19NO4S. The lowest BCUT2D eigenvalue weighted by Gasteiger charge is -2.40. The number of amides is 1. The Kier molecular flexibility index (Phi) is 3.77. The predicted octanol–water partition coefficient (Wildman–Crippen LogP) is 0.223. The molecule has 102 valence electrons. The molecule has 2 aliphatic heterocycles. The van der Waals surface area contributed by atoms with E-state index in [-0.39, 0.29) is 28.9 Å². The Bertz CT molecular complexity index is 439. The molecule has 0 unspecified atom stereocenters. The number of hydrogen-bond donors (Lipinski definition) is 0. The predicted molar refractivity (Wildman–Crippen MR) is 67.9 cm³/mol. The van der Waals surface area contributed by atoms with Crippen LogP contribution >= 0.6 is 0 Å². The van der Waals surface area contributed by atoms with Gasteiger partial charge < -0.3 is 9.64 Å². The Hall–Kier alpha value is -0.880. The number of carbonyl (C=O) groups excluding carboxylic acids is 1. The van der Waals surface area contributed by atoms with Crippen LogP contribution in [0.5, 0.6) is 0 Å². The summed E-state index contributed by atoms with van der Waals surface area (Å²) in [6.45, 7) is 6.52. The molecular weight excluding hydrogens is 254 g/mol. The standard InChI is InChI=1S/C12H19NO4S/c1-3-11-10(5-6-17-11)12(14)13-7-9(8-13)18(15,16)4-2/h3,9-11H,1,4-8H2,2H3/t10-,11+/m1/s1. The van der Waals surface area contributed by atoms with Gasteiger partial charge in [-0.3, -0.25) is 4.79 Å². The molecule has 0 N–H and O–H groups in total. The van der Waals surface area contributed by atoms with Crippen molar-refractivity contribution in [2.75, 3.05) is 25.4 Å². The van der Waals surface area contributed by atoms with Gasteiger partial charge in [-0.05, 0) is 6.42 Å². The molecule has 2 aliphatic rings. The average molecular weight is 273 g/mol. The van der Waals surface area contributed by atoms with Crippen LogP contribution in [0.4, 0.5) is 0 Å². The highest BCUT2D eigenvalue weighted by atomic mass is 32.2. The molecule has 2 fully saturated rings. The first-order valence-electron chi connectivity index (χ1n) is 6.24. The maximum atomic E-state index is 12.2. The summed E-state index contributed by atoms with van der Waals surface area (Å²) in [6, 6.07) is 0. The van der Waals surface area contributed by atoms with Crippen LogP contribution in [-0.2, 0) is 19.4 Å². The van der Waals surface area contributed by atoms with Crippen molar-refractivity contribution in [2.45, 2.75) is 24.7 Å². The average Bonchev–Trinajstić information content (AvgIpc) is 2.74. The van der Waals surface area contributed by atoms with Gasteiger partial charge in [-0.1, -0.05) is 13.0 Å². The van der Waals surface area contributed by atoms with E-state index in [2.05, 4.69) is 6.58 Å². The third-order valence-corrected chi connectivity index (χ3v) is 5.87. The molecule has 0 aromatic rings. The van der Waals surface area contributed by atoms with E-state index in [0.29, 0.717) is 26.1 Å². The van der Waals surface area contributed by atoms with Crippen LogP contribution in [0.2, 0.25) is 0 Å². The zero-order valence-corrected chi connectivity index (χ0v) is 11.4. The van der Waals surface area contributed by atoms with Gasteiger partial charge in [0.15, 0.2) is 9.84 Å². The topological polar surface area (TPSA) is 63.7 Å². The molecule has 2 rings (SSSR count). The summed E-state index contributed by atoms with van der Waals surface area (Å²) >= 11 is 0. The fourth-order valence-electron chi connectivity index (χ4n) is 2.42. The molecule has 0 bridgehead atoms. The minimum Gasteiger partial charge on any atom is -0.373 e. The molecule has 2 saturated heterocycles. The zero-order chi connectivity index (χ0) is 13.3. The van der Waals surface area contributed by atoms with Crippen LogP contribution in [0.15, 0.2) is 12.7 Å². The SMILES string of the molecule is C=C[C@@H]1OCC[C@H]1C(=O)N1CC(S(=O)(=O)CC)C1. The van der Waals surface area contributed by atoms with E-state index in [1.165, 1.54) is 0 Å². The third-order valence-electron chi connectivity index (χ3n) is 3.76. The van der Waals surface area contributed by atoms with Crippen molar-refractivity contribution >= 4 is 15.7 Å². The number of rotatable bonds is 4. The van der Waals surface area contributed by atoms with Gasteiger partial charge in [-0.15, -0.1) is 6.58 Å². The third kappa shape index (κ3) is 2.31. The van der Waals surface area contributed by atoms with Crippen molar-refractivity contribution in [3.63, 3.8) is 0 Å². The largest absolute Gasteiger partial charge is 0.373 e. The first kappa shape index (κ1) is 13.5. The van der Waals surface area contributed by atoms with E-state index in [1.54, 1.807) is 17.9 Å². The normalized spacial score (nSPS) is 29.1. The van der Waals surface area contributed by atoms with E-state index < -0.39 is 9.84 Å². The molecule has 18 heavy (non-hydrogen) atoms. The molecule has 6 heteroatoms. The summed E-state index contributed by atoms with van der Waals surface area (Å²) in [5.74, 6) is -0.0469.